The number of nitrogens with one attached hydrogen (secondary N) is 1. The monoisotopic (exact) mass is 330 g/mol. The minimum absolute atomic E-state index is 0.121. The van der Waals surface area contributed by atoms with Crippen molar-refractivity contribution < 1.29 is 14.9 Å². The van der Waals surface area contributed by atoms with Crippen molar-refractivity contribution in [3.05, 3.63) is 0 Å². The van der Waals surface area contributed by atoms with Crippen molar-refractivity contribution in [2.75, 3.05) is 39.8 Å². The standard InChI is InChI=1S/C11H22N2O2.C5H10O.C2H6/c14-10-1-7-13(8-2-10)9-11(15)3-5-12-6-4-11;1-6-5-3-2-4-5;1-2/h10,12,14-15H,1-9H2;5H,2-4H2,1H3;1-2H3. The van der Waals surface area contributed by atoms with Crippen molar-refractivity contribution in [1.29, 1.82) is 0 Å². The van der Waals surface area contributed by atoms with Crippen LogP contribution in [-0.4, -0.2) is 72.8 Å². The highest BCUT2D eigenvalue weighted by molar-refractivity contribution is 4.88. The number of piperidine rings is 2. The first kappa shape index (κ1) is 20.8. The van der Waals surface area contributed by atoms with Crippen LogP contribution in [0.2, 0.25) is 0 Å². The zero-order valence-electron chi connectivity index (χ0n) is 15.4. The first-order valence-corrected chi connectivity index (χ1v) is 9.48. The lowest BCUT2D eigenvalue weighted by atomic mass is 9.91. The summed E-state index contributed by atoms with van der Waals surface area (Å²) in [4.78, 5) is 2.29. The van der Waals surface area contributed by atoms with Gasteiger partial charge in [0.05, 0.1) is 17.8 Å². The van der Waals surface area contributed by atoms with Crippen LogP contribution < -0.4 is 5.32 Å². The smallest absolute Gasteiger partial charge is 0.0798 e. The van der Waals surface area contributed by atoms with Crippen molar-refractivity contribution in [2.24, 2.45) is 0 Å². The molecular weight excluding hydrogens is 292 g/mol. The highest BCUT2D eigenvalue weighted by Gasteiger charge is 2.32. The van der Waals surface area contributed by atoms with E-state index < -0.39 is 5.60 Å². The number of methoxy groups -OCH3 is 1. The molecule has 0 amide bonds. The van der Waals surface area contributed by atoms with Crippen LogP contribution in [-0.2, 0) is 4.74 Å². The first-order valence-electron chi connectivity index (χ1n) is 9.48. The minimum atomic E-state index is -0.493. The summed E-state index contributed by atoms with van der Waals surface area (Å²) in [6.45, 7) is 8.48. The predicted molar refractivity (Wildman–Crippen MR) is 94.7 cm³/mol. The Morgan fingerprint density at radius 2 is 1.65 bits per heavy atom. The number of hydrogen-bond donors (Lipinski definition) is 3. The lowest BCUT2D eigenvalue weighted by molar-refractivity contribution is -0.0339. The van der Waals surface area contributed by atoms with Gasteiger partial charge in [0.25, 0.3) is 0 Å². The summed E-state index contributed by atoms with van der Waals surface area (Å²) in [6, 6.07) is 0. The predicted octanol–water partition coefficient (Wildman–Crippen LogP) is 1.77. The number of ether oxygens (including phenoxy) is 1. The van der Waals surface area contributed by atoms with Gasteiger partial charge in [-0.25, -0.2) is 0 Å². The third-order valence-corrected chi connectivity index (χ3v) is 4.99. The van der Waals surface area contributed by atoms with Gasteiger partial charge in [-0.2, -0.15) is 0 Å². The molecule has 3 fully saturated rings. The average molecular weight is 331 g/mol. The van der Waals surface area contributed by atoms with Gasteiger partial charge in [0, 0.05) is 26.7 Å². The molecular formula is C18H38N2O3. The van der Waals surface area contributed by atoms with Crippen LogP contribution in [0.4, 0.5) is 0 Å². The normalized spacial score (nSPS) is 25.4. The van der Waals surface area contributed by atoms with E-state index in [1.54, 1.807) is 7.11 Å². The number of rotatable bonds is 3. The molecule has 0 bridgehead atoms. The topological polar surface area (TPSA) is 65.0 Å². The van der Waals surface area contributed by atoms with Gasteiger partial charge in [-0.1, -0.05) is 13.8 Å². The minimum Gasteiger partial charge on any atom is -0.393 e. The molecule has 0 atom stereocenters. The van der Waals surface area contributed by atoms with Gasteiger partial charge < -0.3 is 25.2 Å². The second-order valence-corrected chi connectivity index (χ2v) is 6.77. The van der Waals surface area contributed by atoms with Crippen LogP contribution in [0, 0.1) is 0 Å². The van der Waals surface area contributed by atoms with Gasteiger partial charge in [0.15, 0.2) is 0 Å². The van der Waals surface area contributed by atoms with E-state index in [-0.39, 0.29) is 6.10 Å². The van der Waals surface area contributed by atoms with E-state index in [0.29, 0.717) is 6.10 Å². The number of aliphatic hydroxyl groups excluding tert-OH is 1. The summed E-state index contributed by atoms with van der Waals surface area (Å²) in [5.74, 6) is 0. The fourth-order valence-electron chi connectivity index (χ4n) is 3.15. The molecule has 2 aliphatic heterocycles. The van der Waals surface area contributed by atoms with Gasteiger partial charge in [-0.05, 0) is 58.0 Å². The molecule has 3 rings (SSSR count). The molecule has 138 valence electrons. The van der Waals surface area contributed by atoms with E-state index in [2.05, 4.69) is 10.2 Å². The highest BCUT2D eigenvalue weighted by atomic mass is 16.5. The van der Waals surface area contributed by atoms with Crippen LogP contribution in [0.25, 0.3) is 0 Å². The van der Waals surface area contributed by atoms with E-state index in [9.17, 15) is 10.2 Å². The molecule has 0 aromatic carbocycles. The van der Waals surface area contributed by atoms with Crippen LogP contribution >= 0.6 is 0 Å². The zero-order chi connectivity index (χ0) is 17.1. The van der Waals surface area contributed by atoms with Crippen LogP contribution in [0.15, 0.2) is 0 Å². The van der Waals surface area contributed by atoms with E-state index >= 15 is 0 Å². The average Bonchev–Trinajstić information content (AvgIpc) is 2.52. The third kappa shape index (κ3) is 7.94. The van der Waals surface area contributed by atoms with E-state index in [4.69, 9.17) is 4.74 Å². The number of likely N-dealkylation sites (tertiary alicyclic amines) is 1. The van der Waals surface area contributed by atoms with Crippen LogP contribution in [0.1, 0.15) is 58.8 Å². The molecule has 1 saturated carbocycles. The van der Waals surface area contributed by atoms with Crippen molar-refractivity contribution in [1.82, 2.24) is 10.2 Å². The Hall–Kier alpha value is -0.200. The number of nitrogens with zero attached hydrogens (tertiary/aromatic N) is 1. The first-order chi connectivity index (χ1) is 11.1. The Bertz CT molecular complexity index is 281. The Balaban J connectivity index is 0.000000276. The maximum Gasteiger partial charge on any atom is 0.0798 e. The Morgan fingerprint density at radius 3 is 2.04 bits per heavy atom. The quantitative estimate of drug-likeness (QED) is 0.736. The van der Waals surface area contributed by atoms with Crippen LogP contribution in [0.5, 0.6) is 0 Å². The van der Waals surface area contributed by atoms with E-state index in [1.807, 2.05) is 13.8 Å². The molecule has 3 N–H and O–H groups in total. The lowest BCUT2D eigenvalue weighted by Crippen LogP contribution is -2.51. The molecule has 0 unspecified atom stereocenters. The molecule has 3 aliphatic rings. The molecule has 23 heavy (non-hydrogen) atoms. The molecule has 5 heteroatoms. The Kier molecular flexibility index (Phi) is 10.3. The second kappa shape index (κ2) is 11.4. The SMILES string of the molecule is CC.COC1CCC1.OC1CCN(CC2(O)CCNCC2)CC1. The summed E-state index contributed by atoms with van der Waals surface area (Å²) in [5, 5.41) is 23.0. The maximum atomic E-state index is 10.3. The molecule has 0 aromatic rings. The number of aliphatic hydroxyl groups is 2. The summed E-state index contributed by atoms with van der Waals surface area (Å²) in [5.41, 5.74) is -0.493. The molecule has 1 aliphatic carbocycles. The fourth-order valence-corrected chi connectivity index (χ4v) is 3.15. The molecule has 0 spiro atoms. The second-order valence-electron chi connectivity index (χ2n) is 6.77. The molecule has 2 heterocycles. The van der Waals surface area contributed by atoms with Crippen molar-refractivity contribution in [2.45, 2.75) is 76.6 Å². The third-order valence-electron chi connectivity index (χ3n) is 4.99. The maximum absolute atomic E-state index is 10.3. The van der Waals surface area contributed by atoms with Crippen LogP contribution in [0.3, 0.4) is 0 Å². The largest absolute Gasteiger partial charge is 0.393 e. The lowest BCUT2D eigenvalue weighted by Gasteiger charge is -2.39. The Labute approximate surface area is 142 Å². The van der Waals surface area contributed by atoms with E-state index in [1.165, 1.54) is 19.3 Å². The molecule has 0 aromatic heterocycles. The molecule has 5 nitrogen and oxygen atoms in total. The van der Waals surface area contributed by atoms with Gasteiger partial charge >= 0.3 is 0 Å². The zero-order valence-corrected chi connectivity index (χ0v) is 15.4. The summed E-state index contributed by atoms with van der Waals surface area (Å²) < 4.78 is 4.99. The fraction of sp³-hybridized carbons (Fsp3) is 1.00. The van der Waals surface area contributed by atoms with Crippen molar-refractivity contribution in [3.8, 4) is 0 Å². The van der Waals surface area contributed by atoms with Crippen molar-refractivity contribution >= 4 is 0 Å². The van der Waals surface area contributed by atoms with Crippen molar-refractivity contribution in [3.63, 3.8) is 0 Å². The molecule has 2 saturated heterocycles. The number of hydrogen-bond acceptors (Lipinski definition) is 5. The number of β-amino-alcohol motifs (C(OH)–C–C–N with tert-alkyl or cyclic N) is 1. The highest BCUT2D eigenvalue weighted by Crippen LogP contribution is 2.22. The summed E-state index contributed by atoms with van der Waals surface area (Å²) in [6.07, 6.45) is 7.86. The summed E-state index contributed by atoms with van der Waals surface area (Å²) in [7, 11) is 1.78. The molecule has 0 radical (unpaired) electrons. The summed E-state index contributed by atoms with van der Waals surface area (Å²) >= 11 is 0. The van der Waals surface area contributed by atoms with Gasteiger partial charge in [-0.15, -0.1) is 0 Å². The van der Waals surface area contributed by atoms with Gasteiger partial charge in [-0.3, -0.25) is 0 Å². The van der Waals surface area contributed by atoms with Gasteiger partial charge in [0.2, 0.25) is 0 Å². The van der Waals surface area contributed by atoms with E-state index in [0.717, 1.165) is 58.4 Å². The van der Waals surface area contributed by atoms with Gasteiger partial charge in [0.1, 0.15) is 0 Å². The Morgan fingerprint density at radius 1 is 1.09 bits per heavy atom.